The molecule has 1 heterocycles. The fourth-order valence-corrected chi connectivity index (χ4v) is 4.19. The van der Waals surface area contributed by atoms with Crippen molar-refractivity contribution in [3.05, 3.63) is 29.8 Å². The molecule has 1 aliphatic heterocycles. The van der Waals surface area contributed by atoms with E-state index in [1.807, 2.05) is 0 Å². The van der Waals surface area contributed by atoms with Crippen molar-refractivity contribution in [3.8, 4) is 5.75 Å². The summed E-state index contributed by atoms with van der Waals surface area (Å²) in [5.41, 5.74) is -0.779. The van der Waals surface area contributed by atoms with Gasteiger partial charge < -0.3 is 15.4 Å². The van der Waals surface area contributed by atoms with E-state index in [0.717, 1.165) is 18.4 Å². The van der Waals surface area contributed by atoms with Crippen LogP contribution in [0, 0.1) is 0 Å². The van der Waals surface area contributed by atoms with Gasteiger partial charge in [0.25, 0.3) is 0 Å². The molecule has 0 atom stereocenters. The third-order valence-electron chi connectivity index (χ3n) is 4.37. The van der Waals surface area contributed by atoms with Crippen molar-refractivity contribution in [3.63, 3.8) is 0 Å². The molecule has 0 radical (unpaired) electrons. The predicted octanol–water partition coefficient (Wildman–Crippen LogP) is 1.79. The van der Waals surface area contributed by atoms with Crippen LogP contribution >= 0.6 is 12.4 Å². The molecule has 1 aromatic rings. The van der Waals surface area contributed by atoms with Crippen molar-refractivity contribution in [1.29, 1.82) is 0 Å². The summed E-state index contributed by atoms with van der Waals surface area (Å²) >= 11 is 0. The van der Waals surface area contributed by atoms with Crippen molar-refractivity contribution in [2.45, 2.75) is 23.8 Å². The Hall–Kier alpha value is -1.52. The molecule has 1 amide bonds. The molecule has 1 aliphatic rings. The first-order valence-corrected chi connectivity index (χ1v) is 9.94. The first-order chi connectivity index (χ1) is 12.1. The van der Waals surface area contributed by atoms with E-state index in [2.05, 4.69) is 10.6 Å². The molecule has 2 N–H and O–H groups in total. The number of halogens is 4. The van der Waals surface area contributed by atoms with Crippen LogP contribution in [0.2, 0.25) is 0 Å². The standard InChI is InChI=1S/C16H21F3N2O4S.ClH/c1-26(23,24)15(6-8-20-9-7-15)14(22)21-10-11-25-13-4-2-12(3-5-13)16(17,18)19;/h2-5,20H,6-11H2,1H3,(H,21,22);1H. The maximum atomic E-state index is 12.5. The minimum absolute atomic E-state index is 0. The second-order valence-corrected chi connectivity index (χ2v) is 8.47. The Morgan fingerprint density at radius 3 is 2.26 bits per heavy atom. The number of benzene rings is 1. The average molecular weight is 431 g/mol. The molecular weight excluding hydrogens is 409 g/mol. The molecule has 6 nitrogen and oxygen atoms in total. The third-order valence-corrected chi connectivity index (χ3v) is 6.39. The van der Waals surface area contributed by atoms with Crippen LogP contribution in [-0.4, -0.2) is 51.6 Å². The topological polar surface area (TPSA) is 84.5 Å². The molecule has 0 aromatic heterocycles. The summed E-state index contributed by atoms with van der Waals surface area (Å²) in [5.74, 6) is -0.343. The summed E-state index contributed by atoms with van der Waals surface area (Å²) in [6.07, 6.45) is -2.98. The molecule has 0 spiro atoms. The minimum atomic E-state index is -4.42. The van der Waals surface area contributed by atoms with Crippen LogP contribution in [-0.2, 0) is 20.8 Å². The van der Waals surface area contributed by atoms with Gasteiger partial charge in [-0.2, -0.15) is 13.2 Å². The number of carbonyl (C=O) groups is 1. The first-order valence-electron chi connectivity index (χ1n) is 8.05. The maximum Gasteiger partial charge on any atom is 0.416 e. The zero-order chi connectivity index (χ0) is 19.4. The van der Waals surface area contributed by atoms with Gasteiger partial charge >= 0.3 is 6.18 Å². The van der Waals surface area contributed by atoms with Gasteiger partial charge in [0, 0.05) is 6.26 Å². The lowest BCUT2D eigenvalue weighted by atomic mass is 9.96. The highest BCUT2D eigenvalue weighted by Crippen LogP contribution is 2.30. The molecule has 1 aromatic carbocycles. The molecular formula is C16H22ClF3N2O4S. The van der Waals surface area contributed by atoms with Crippen LogP contribution in [0.5, 0.6) is 5.75 Å². The van der Waals surface area contributed by atoms with Crippen LogP contribution in [0.1, 0.15) is 18.4 Å². The lowest BCUT2D eigenvalue weighted by Crippen LogP contribution is -2.57. The molecule has 0 aliphatic carbocycles. The molecule has 1 saturated heterocycles. The van der Waals surface area contributed by atoms with Gasteiger partial charge in [-0.05, 0) is 50.2 Å². The molecule has 0 unspecified atom stereocenters. The molecule has 154 valence electrons. The Balaban J connectivity index is 0.00000364. The van der Waals surface area contributed by atoms with E-state index in [4.69, 9.17) is 4.74 Å². The van der Waals surface area contributed by atoms with Gasteiger partial charge in [0.1, 0.15) is 12.4 Å². The minimum Gasteiger partial charge on any atom is -0.492 e. The lowest BCUT2D eigenvalue weighted by Gasteiger charge is -2.34. The second-order valence-electron chi connectivity index (χ2n) is 6.14. The number of hydrogen-bond donors (Lipinski definition) is 2. The van der Waals surface area contributed by atoms with Crippen molar-refractivity contribution < 1.29 is 31.1 Å². The summed E-state index contributed by atoms with van der Waals surface area (Å²) in [7, 11) is -3.59. The molecule has 0 bridgehead atoms. The van der Waals surface area contributed by atoms with E-state index in [1.54, 1.807) is 0 Å². The Kier molecular flexibility index (Phi) is 7.94. The zero-order valence-electron chi connectivity index (χ0n) is 14.6. The van der Waals surface area contributed by atoms with Gasteiger partial charge in [0.15, 0.2) is 14.6 Å². The van der Waals surface area contributed by atoms with E-state index >= 15 is 0 Å². The summed E-state index contributed by atoms with van der Waals surface area (Å²) in [6.45, 7) is 0.921. The number of piperidine rings is 1. The maximum absolute atomic E-state index is 12.5. The normalized spacial score (nSPS) is 16.9. The molecule has 11 heteroatoms. The quantitative estimate of drug-likeness (QED) is 0.672. The number of carbonyl (C=O) groups excluding carboxylic acids is 1. The monoisotopic (exact) mass is 430 g/mol. The largest absolute Gasteiger partial charge is 0.492 e. The summed E-state index contributed by atoms with van der Waals surface area (Å²) in [6, 6.07) is 4.19. The van der Waals surface area contributed by atoms with Gasteiger partial charge in [-0.1, -0.05) is 0 Å². The summed E-state index contributed by atoms with van der Waals surface area (Å²) < 4.78 is 65.5. The Labute approximate surface area is 162 Å². The number of nitrogens with one attached hydrogen (secondary N) is 2. The highest BCUT2D eigenvalue weighted by Gasteiger charge is 2.48. The van der Waals surface area contributed by atoms with Crippen molar-refractivity contribution in [2.75, 3.05) is 32.5 Å². The highest BCUT2D eigenvalue weighted by molar-refractivity contribution is 7.92. The first kappa shape index (κ1) is 23.5. The van der Waals surface area contributed by atoms with Crippen molar-refractivity contribution in [1.82, 2.24) is 10.6 Å². The molecule has 0 saturated carbocycles. The number of sulfone groups is 1. The number of ether oxygens (including phenoxy) is 1. The smallest absolute Gasteiger partial charge is 0.416 e. The zero-order valence-corrected chi connectivity index (χ0v) is 16.3. The molecule has 2 rings (SSSR count). The van der Waals surface area contributed by atoms with Crippen LogP contribution in [0.25, 0.3) is 0 Å². The van der Waals surface area contributed by atoms with Crippen molar-refractivity contribution >= 4 is 28.2 Å². The summed E-state index contributed by atoms with van der Waals surface area (Å²) in [5, 5.41) is 5.58. The van der Waals surface area contributed by atoms with Gasteiger partial charge in [-0.25, -0.2) is 8.42 Å². The Morgan fingerprint density at radius 1 is 1.22 bits per heavy atom. The van der Waals surface area contributed by atoms with Gasteiger partial charge in [-0.15, -0.1) is 12.4 Å². The fourth-order valence-electron chi connectivity index (χ4n) is 2.83. The van der Waals surface area contributed by atoms with E-state index in [-0.39, 0.29) is 44.1 Å². The number of hydrogen-bond acceptors (Lipinski definition) is 5. The Bertz CT molecular complexity index is 733. The molecule has 27 heavy (non-hydrogen) atoms. The lowest BCUT2D eigenvalue weighted by molar-refractivity contribution is -0.137. The van der Waals surface area contributed by atoms with E-state index in [0.29, 0.717) is 13.1 Å². The third kappa shape index (κ3) is 5.73. The van der Waals surface area contributed by atoms with Crippen molar-refractivity contribution in [2.24, 2.45) is 0 Å². The SMILES string of the molecule is CS(=O)(=O)C1(C(=O)NCCOc2ccc(C(F)(F)F)cc2)CCNCC1.Cl. The van der Waals surface area contributed by atoms with Crippen LogP contribution in [0.3, 0.4) is 0 Å². The second kappa shape index (κ2) is 9.11. The highest BCUT2D eigenvalue weighted by atomic mass is 35.5. The van der Waals surface area contributed by atoms with Gasteiger partial charge in [0.05, 0.1) is 12.1 Å². The van der Waals surface area contributed by atoms with Gasteiger partial charge in [-0.3, -0.25) is 4.79 Å². The van der Waals surface area contributed by atoms with E-state index in [1.165, 1.54) is 12.1 Å². The average Bonchev–Trinajstić information content (AvgIpc) is 2.58. The predicted molar refractivity (Wildman–Crippen MR) is 96.9 cm³/mol. The summed E-state index contributed by atoms with van der Waals surface area (Å²) in [4.78, 5) is 12.4. The fraction of sp³-hybridized carbons (Fsp3) is 0.562. The van der Waals surface area contributed by atoms with E-state index in [9.17, 15) is 26.4 Å². The van der Waals surface area contributed by atoms with E-state index < -0.39 is 32.2 Å². The van der Waals surface area contributed by atoms with Crippen LogP contribution in [0.4, 0.5) is 13.2 Å². The van der Waals surface area contributed by atoms with Gasteiger partial charge in [0.2, 0.25) is 5.91 Å². The number of alkyl halides is 3. The molecule has 1 fully saturated rings. The number of amides is 1. The number of rotatable bonds is 6. The van der Waals surface area contributed by atoms with Crippen LogP contribution in [0.15, 0.2) is 24.3 Å². The van der Waals surface area contributed by atoms with Crippen LogP contribution < -0.4 is 15.4 Å². The Morgan fingerprint density at radius 2 is 1.78 bits per heavy atom.